The van der Waals surface area contributed by atoms with Gasteiger partial charge in [0, 0.05) is 25.7 Å². The van der Waals surface area contributed by atoms with E-state index in [0.29, 0.717) is 24.6 Å². The molecule has 7 nitrogen and oxygen atoms in total. The zero-order valence-electron chi connectivity index (χ0n) is 13.8. The minimum Gasteiger partial charge on any atom is -0.497 e. The Kier molecular flexibility index (Phi) is 8.56. The number of amides is 1. The van der Waals surface area contributed by atoms with Crippen molar-refractivity contribution in [2.24, 2.45) is 11.7 Å². The van der Waals surface area contributed by atoms with E-state index >= 15 is 0 Å². The first-order valence-electron chi connectivity index (χ1n) is 7.11. The topological polar surface area (TPSA) is 98.7 Å². The Labute approximate surface area is 142 Å². The smallest absolute Gasteiger partial charge is 0.282 e. The van der Waals surface area contributed by atoms with Crippen molar-refractivity contribution in [3.8, 4) is 5.75 Å². The summed E-state index contributed by atoms with van der Waals surface area (Å²) in [6, 6.07) is 4.11. The van der Waals surface area contributed by atoms with Crippen LogP contribution in [0.15, 0.2) is 18.2 Å². The Hall–Kier alpha value is -1.86. The van der Waals surface area contributed by atoms with Crippen LogP contribution < -0.4 is 10.5 Å². The lowest BCUT2D eigenvalue weighted by Gasteiger charge is -2.21. The SMILES string of the molecule is COc1ccc([N+](=O)[O-])c(C(=O)N(C)CCC(N)C(C)C)c1.Cl. The maximum Gasteiger partial charge on any atom is 0.282 e. The van der Waals surface area contributed by atoms with Crippen molar-refractivity contribution in [1.82, 2.24) is 4.90 Å². The summed E-state index contributed by atoms with van der Waals surface area (Å²) in [6.45, 7) is 4.46. The minimum atomic E-state index is -0.569. The summed E-state index contributed by atoms with van der Waals surface area (Å²) in [5, 5.41) is 11.1. The number of hydrogen-bond donors (Lipinski definition) is 1. The van der Waals surface area contributed by atoms with E-state index in [9.17, 15) is 14.9 Å². The zero-order chi connectivity index (χ0) is 16.9. The zero-order valence-corrected chi connectivity index (χ0v) is 14.6. The molecule has 1 unspecified atom stereocenters. The number of nitro groups is 1. The van der Waals surface area contributed by atoms with Gasteiger partial charge in [-0.3, -0.25) is 14.9 Å². The molecule has 1 rings (SSSR count). The molecule has 1 aromatic carbocycles. The van der Waals surface area contributed by atoms with E-state index in [1.165, 1.54) is 30.2 Å². The van der Waals surface area contributed by atoms with Crippen LogP contribution in [0.4, 0.5) is 5.69 Å². The number of benzene rings is 1. The van der Waals surface area contributed by atoms with Crippen molar-refractivity contribution in [3.05, 3.63) is 33.9 Å². The molecule has 8 heteroatoms. The van der Waals surface area contributed by atoms with Crippen LogP contribution in [0.2, 0.25) is 0 Å². The van der Waals surface area contributed by atoms with Gasteiger partial charge in [0.2, 0.25) is 0 Å². The number of nitrogens with two attached hydrogens (primary N) is 1. The average molecular weight is 346 g/mol. The molecule has 1 amide bonds. The number of methoxy groups -OCH3 is 1. The van der Waals surface area contributed by atoms with Crippen LogP contribution in [0.5, 0.6) is 5.75 Å². The van der Waals surface area contributed by atoms with E-state index < -0.39 is 10.8 Å². The molecule has 0 heterocycles. The lowest BCUT2D eigenvalue weighted by atomic mass is 10.0. The summed E-state index contributed by atoms with van der Waals surface area (Å²) >= 11 is 0. The highest BCUT2D eigenvalue weighted by molar-refractivity contribution is 5.98. The third-order valence-electron chi connectivity index (χ3n) is 3.63. The highest BCUT2D eigenvalue weighted by Gasteiger charge is 2.24. The second-order valence-electron chi connectivity index (χ2n) is 5.56. The predicted molar refractivity (Wildman–Crippen MR) is 91.3 cm³/mol. The lowest BCUT2D eigenvalue weighted by molar-refractivity contribution is -0.385. The Morgan fingerprint density at radius 1 is 1.43 bits per heavy atom. The first-order chi connectivity index (χ1) is 10.3. The van der Waals surface area contributed by atoms with Crippen LogP contribution in [-0.4, -0.2) is 42.5 Å². The quantitative estimate of drug-likeness (QED) is 0.604. The normalized spacial score (nSPS) is 11.6. The van der Waals surface area contributed by atoms with Crippen molar-refractivity contribution < 1.29 is 14.5 Å². The number of nitro benzene ring substituents is 1. The molecule has 0 aliphatic carbocycles. The molecule has 0 spiro atoms. The molecular formula is C15H24ClN3O4. The van der Waals surface area contributed by atoms with E-state index in [2.05, 4.69) is 0 Å². The van der Waals surface area contributed by atoms with Gasteiger partial charge < -0.3 is 15.4 Å². The second-order valence-corrected chi connectivity index (χ2v) is 5.56. The van der Waals surface area contributed by atoms with Gasteiger partial charge in [-0.1, -0.05) is 13.8 Å². The average Bonchev–Trinajstić information content (AvgIpc) is 2.50. The fraction of sp³-hybridized carbons (Fsp3) is 0.533. The van der Waals surface area contributed by atoms with E-state index in [1.54, 1.807) is 7.05 Å². The molecule has 0 aliphatic heterocycles. The van der Waals surface area contributed by atoms with Crippen LogP contribution in [0.1, 0.15) is 30.6 Å². The summed E-state index contributed by atoms with van der Waals surface area (Å²) in [5.74, 6) is 0.303. The van der Waals surface area contributed by atoms with Crippen molar-refractivity contribution in [2.45, 2.75) is 26.3 Å². The lowest BCUT2D eigenvalue weighted by Crippen LogP contribution is -2.34. The third kappa shape index (κ3) is 5.69. The molecule has 0 saturated heterocycles. The van der Waals surface area contributed by atoms with Crippen molar-refractivity contribution >= 4 is 24.0 Å². The molecule has 23 heavy (non-hydrogen) atoms. The fourth-order valence-electron chi connectivity index (χ4n) is 1.96. The van der Waals surface area contributed by atoms with E-state index in [4.69, 9.17) is 10.5 Å². The molecule has 0 radical (unpaired) electrons. The van der Waals surface area contributed by atoms with Gasteiger partial charge >= 0.3 is 0 Å². The number of hydrogen-bond acceptors (Lipinski definition) is 5. The molecule has 1 aromatic rings. The Morgan fingerprint density at radius 2 is 2.04 bits per heavy atom. The first-order valence-corrected chi connectivity index (χ1v) is 7.11. The largest absolute Gasteiger partial charge is 0.497 e. The summed E-state index contributed by atoms with van der Waals surface area (Å²) in [4.78, 5) is 24.4. The highest BCUT2D eigenvalue weighted by atomic mass is 35.5. The first kappa shape index (κ1) is 21.1. The van der Waals surface area contributed by atoms with Gasteiger partial charge in [-0.2, -0.15) is 0 Å². The molecule has 0 saturated carbocycles. The van der Waals surface area contributed by atoms with Gasteiger partial charge in [0.05, 0.1) is 12.0 Å². The molecule has 0 bridgehead atoms. The summed E-state index contributed by atoms with van der Waals surface area (Å²) in [6.07, 6.45) is 0.637. The van der Waals surface area contributed by atoms with Gasteiger partial charge in [-0.15, -0.1) is 12.4 Å². The number of halogens is 1. The van der Waals surface area contributed by atoms with Crippen LogP contribution >= 0.6 is 12.4 Å². The van der Waals surface area contributed by atoms with Crippen LogP contribution in [-0.2, 0) is 0 Å². The Bertz CT molecular complexity index is 552. The van der Waals surface area contributed by atoms with Crippen LogP contribution in [0.25, 0.3) is 0 Å². The third-order valence-corrected chi connectivity index (χ3v) is 3.63. The maximum atomic E-state index is 12.4. The van der Waals surface area contributed by atoms with Crippen molar-refractivity contribution in [1.29, 1.82) is 0 Å². The summed E-state index contributed by atoms with van der Waals surface area (Å²) in [7, 11) is 3.05. The molecule has 0 aromatic heterocycles. The minimum absolute atomic E-state index is 0. The van der Waals surface area contributed by atoms with Gasteiger partial charge in [0.15, 0.2) is 0 Å². The summed E-state index contributed by atoms with van der Waals surface area (Å²) < 4.78 is 5.04. The Morgan fingerprint density at radius 3 is 2.52 bits per heavy atom. The molecular weight excluding hydrogens is 322 g/mol. The van der Waals surface area contributed by atoms with Crippen molar-refractivity contribution in [2.75, 3.05) is 20.7 Å². The molecule has 0 aliphatic rings. The number of carbonyl (C=O) groups excluding carboxylic acids is 1. The second kappa shape index (κ2) is 9.32. The number of nitrogens with zero attached hydrogens (tertiary/aromatic N) is 2. The van der Waals surface area contributed by atoms with Gasteiger partial charge in [0.25, 0.3) is 11.6 Å². The Balaban J connectivity index is 0.00000484. The maximum absolute atomic E-state index is 12.4. The van der Waals surface area contributed by atoms with Gasteiger partial charge in [-0.05, 0) is 24.5 Å². The van der Waals surface area contributed by atoms with Crippen LogP contribution in [0, 0.1) is 16.0 Å². The predicted octanol–water partition coefficient (Wildman–Crippen LogP) is 2.47. The summed E-state index contributed by atoms with van der Waals surface area (Å²) in [5.41, 5.74) is 5.75. The van der Waals surface area contributed by atoms with Gasteiger partial charge in [0.1, 0.15) is 11.3 Å². The van der Waals surface area contributed by atoms with Crippen molar-refractivity contribution in [3.63, 3.8) is 0 Å². The van der Waals surface area contributed by atoms with Gasteiger partial charge in [-0.25, -0.2) is 0 Å². The number of ether oxygens (including phenoxy) is 1. The molecule has 2 N–H and O–H groups in total. The molecule has 1 atom stereocenters. The monoisotopic (exact) mass is 345 g/mol. The molecule has 0 fully saturated rings. The van der Waals surface area contributed by atoms with E-state index in [0.717, 1.165) is 0 Å². The number of carbonyl (C=O) groups is 1. The number of rotatable bonds is 7. The fourth-order valence-corrected chi connectivity index (χ4v) is 1.96. The molecule has 130 valence electrons. The van der Waals surface area contributed by atoms with Crippen LogP contribution in [0.3, 0.4) is 0 Å². The van der Waals surface area contributed by atoms with E-state index in [1.807, 2.05) is 13.8 Å². The highest BCUT2D eigenvalue weighted by Crippen LogP contribution is 2.25. The van der Waals surface area contributed by atoms with E-state index in [-0.39, 0.29) is 29.7 Å². The standard InChI is InChI=1S/C15H23N3O4.ClH/c1-10(2)13(16)7-8-17(3)15(19)12-9-11(22-4)5-6-14(12)18(20)21;/h5-6,9-10,13H,7-8,16H2,1-4H3;1H.